The molecule has 0 rings (SSSR count). The van der Waals surface area contributed by atoms with Crippen LogP contribution in [0.25, 0.3) is 0 Å². The minimum absolute atomic E-state index is 0. The molecule has 0 aliphatic carbocycles. The van der Waals surface area contributed by atoms with Crippen LogP contribution in [0.5, 0.6) is 0 Å². The van der Waals surface area contributed by atoms with Gasteiger partial charge in [-0.2, -0.15) is 0 Å². The quantitative estimate of drug-likeness (QED) is 0.381. The zero-order chi connectivity index (χ0) is 9.02. The molecule has 0 aliphatic heterocycles. The number of hydrogen-bond donors (Lipinski definition) is 3. The fourth-order valence-corrected chi connectivity index (χ4v) is 0.385. The van der Waals surface area contributed by atoms with Gasteiger partial charge in [0.15, 0.2) is 12.2 Å². The second kappa shape index (κ2) is 6.81. The molecule has 0 aromatic rings. The van der Waals surface area contributed by atoms with E-state index in [0.29, 0.717) is 0 Å². The first-order valence-electron chi connectivity index (χ1n) is 2.67. The smallest absolute Gasteiger partial charge is 0.479 e. The molecule has 0 aromatic heterocycles. The van der Waals surface area contributed by atoms with Crippen LogP contribution in [0.4, 0.5) is 0 Å². The van der Waals surface area contributed by atoms with Gasteiger partial charge in [-0.1, -0.05) is 0 Å². The van der Waals surface area contributed by atoms with Gasteiger partial charge in [-0.15, -0.1) is 0 Å². The predicted octanol–water partition coefficient (Wildman–Crippen LogP) is -2.41. The summed E-state index contributed by atoms with van der Waals surface area (Å²) in [7, 11) is 0.972. The van der Waals surface area contributed by atoms with Crippen LogP contribution in [0, 0.1) is 0 Å². The van der Waals surface area contributed by atoms with Crippen molar-refractivity contribution < 1.29 is 29.6 Å². The largest absolute Gasteiger partial charge is 2.00 e. The summed E-state index contributed by atoms with van der Waals surface area (Å²) in [5, 5.41) is 25.3. The number of aliphatic hydroxyl groups excluding tert-OH is 2. The van der Waals surface area contributed by atoms with Crippen LogP contribution >= 0.6 is 0 Å². The second-order valence-electron chi connectivity index (χ2n) is 1.75. The van der Waals surface area contributed by atoms with Crippen LogP contribution in [0.3, 0.4) is 0 Å². The molecule has 64 valence electrons. The number of carbonyl (C=O) groups is 2. The topological polar surface area (TPSA) is 104 Å². The van der Waals surface area contributed by atoms with Crippen LogP contribution in [-0.4, -0.2) is 92.1 Å². The molecule has 2 unspecified atom stereocenters. The van der Waals surface area contributed by atoms with E-state index < -0.39 is 24.1 Å². The van der Waals surface area contributed by atoms with Crippen LogP contribution < -0.4 is 0 Å². The molecule has 2 atom stereocenters. The molecule has 3 N–H and O–H groups in total. The van der Waals surface area contributed by atoms with Crippen molar-refractivity contribution in [2.45, 2.75) is 12.2 Å². The number of carbonyl (C=O) groups excluding carboxylic acids is 1. The first kappa shape index (κ1) is 14.8. The van der Waals surface area contributed by atoms with Gasteiger partial charge in [0.25, 0.3) is 0 Å². The molecule has 0 amide bonds. The first-order chi connectivity index (χ1) is 5.00. The second-order valence-corrected chi connectivity index (χ2v) is 1.75. The number of aliphatic hydroxyl groups is 2. The summed E-state index contributed by atoms with van der Waals surface area (Å²) in [5.41, 5.74) is 0. The standard InChI is InChI=1S/C5H8O6.Sr/c1-11-5(10)3(7)2(6)4(8)9;/h2-3,6-7H,1H3,(H,8,9);/q;+2. The average Bonchev–Trinajstić information content (AvgIpc) is 2.00. The van der Waals surface area contributed by atoms with Crippen molar-refractivity contribution in [1.82, 2.24) is 0 Å². The van der Waals surface area contributed by atoms with Gasteiger partial charge in [0.1, 0.15) is 0 Å². The van der Waals surface area contributed by atoms with Crippen molar-refractivity contribution in [2.75, 3.05) is 7.11 Å². The van der Waals surface area contributed by atoms with E-state index >= 15 is 0 Å². The van der Waals surface area contributed by atoms with E-state index in [-0.39, 0.29) is 45.5 Å². The number of aliphatic carboxylic acids is 1. The van der Waals surface area contributed by atoms with E-state index in [1.54, 1.807) is 0 Å². The molecule has 0 spiro atoms. The fraction of sp³-hybridized carbons (Fsp3) is 0.600. The third-order valence-corrected chi connectivity index (χ3v) is 0.995. The summed E-state index contributed by atoms with van der Waals surface area (Å²) >= 11 is 0. The zero-order valence-corrected chi connectivity index (χ0v) is 9.90. The Morgan fingerprint density at radius 3 is 1.92 bits per heavy atom. The van der Waals surface area contributed by atoms with Crippen molar-refractivity contribution in [3.05, 3.63) is 0 Å². The maximum absolute atomic E-state index is 10.4. The Kier molecular flexibility index (Phi) is 8.43. The number of methoxy groups -OCH3 is 1. The van der Waals surface area contributed by atoms with Crippen molar-refractivity contribution in [3.63, 3.8) is 0 Å². The Bertz CT molecular complexity index is 169. The maximum atomic E-state index is 10.4. The minimum atomic E-state index is -2.14. The molecule has 12 heavy (non-hydrogen) atoms. The number of ether oxygens (including phenoxy) is 1. The normalized spacial score (nSPS) is 13.9. The molecular weight excluding hydrogens is 244 g/mol. The number of hydrogen-bond acceptors (Lipinski definition) is 5. The Labute approximate surface area is 105 Å². The van der Waals surface area contributed by atoms with Crippen molar-refractivity contribution in [3.8, 4) is 0 Å². The SMILES string of the molecule is COC(=O)C(O)C(O)C(=O)O.[Sr+2]. The Balaban J connectivity index is 0. The summed E-state index contributed by atoms with van der Waals surface area (Å²) in [5.74, 6) is -2.86. The Hall–Kier alpha value is 0.341. The molecule has 6 nitrogen and oxygen atoms in total. The molecule has 0 saturated heterocycles. The van der Waals surface area contributed by atoms with Gasteiger partial charge in [0, 0.05) is 0 Å². The molecule has 0 bridgehead atoms. The van der Waals surface area contributed by atoms with E-state index in [0.717, 1.165) is 7.11 Å². The molecule has 0 radical (unpaired) electrons. The van der Waals surface area contributed by atoms with Crippen molar-refractivity contribution in [2.24, 2.45) is 0 Å². The molecule has 7 heteroatoms. The van der Waals surface area contributed by atoms with E-state index in [1.807, 2.05) is 0 Å². The number of rotatable bonds is 3. The van der Waals surface area contributed by atoms with E-state index in [2.05, 4.69) is 4.74 Å². The molecule has 0 saturated carbocycles. The third-order valence-electron chi connectivity index (χ3n) is 0.995. The Morgan fingerprint density at radius 2 is 1.67 bits per heavy atom. The predicted molar refractivity (Wildman–Crippen MR) is 37.4 cm³/mol. The van der Waals surface area contributed by atoms with Crippen LogP contribution in [0.1, 0.15) is 0 Å². The van der Waals surface area contributed by atoms with Gasteiger partial charge < -0.3 is 20.1 Å². The molecular formula is C5H8O6Sr+2. The fourth-order valence-electron chi connectivity index (χ4n) is 0.385. The molecule has 0 aliphatic rings. The summed E-state index contributed by atoms with van der Waals surface area (Å²) in [6, 6.07) is 0. The third kappa shape index (κ3) is 4.39. The van der Waals surface area contributed by atoms with Gasteiger partial charge in [-0.05, 0) is 0 Å². The van der Waals surface area contributed by atoms with Gasteiger partial charge in [-0.25, -0.2) is 9.59 Å². The van der Waals surface area contributed by atoms with Crippen molar-refractivity contribution in [1.29, 1.82) is 0 Å². The number of carboxylic acid groups (broad SMARTS) is 1. The monoisotopic (exact) mass is 252 g/mol. The molecule has 0 aromatic carbocycles. The molecule has 0 heterocycles. The molecule has 0 fully saturated rings. The summed E-state index contributed by atoms with van der Waals surface area (Å²) in [6.07, 6.45) is -4.17. The summed E-state index contributed by atoms with van der Waals surface area (Å²) in [4.78, 5) is 20.3. The number of carboxylic acids is 1. The van der Waals surface area contributed by atoms with Gasteiger partial charge in [0.2, 0.25) is 0 Å². The summed E-state index contributed by atoms with van der Waals surface area (Å²) in [6.45, 7) is 0. The van der Waals surface area contributed by atoms with Crippen LogP contribution in [0.15, 0.2) is 0 Å². The van der Waals surface area contributed by atoms with Crippen LogP contribution in [-0.2, 0) is 14.3 Å². The average molecular weight is 252 g/mol. The van der Waals surface area contributed by atoms with Gasteiger partial charge >= 0.3 is 57.4 Å². The van der Waals surface area contributed by atoms with E-state index in [9.17, 15) is 9.59 Å². The van der Waals surface area contributed by atoms with Gasteiger partial charge in [0.05, 0.1) is 7.11 Å². The zero-order valence-electron chi connectivity index (χ0n) is 6.43. The van der Waals surface area contributed by atoms with Gasteiger partial charge in [-0.3, -0.25) is 0 Å². The van der Waals surface area contributed by atoms with E-state index in [1.165, 1.54) is 0 Å². The minimum Gasteiger partial charge on any atom is -0.479 e. The maximum Gasteiger partial charge on any atom is 2.00 e. The summed E-state index contributed by atoms with van der Waals surface area (Å²) < 4.78 is 3.97. The Morgan fingerprint density at radius 1 is 1.25 bits per heavy atom. The van der Waals surface area contributed by atoms with Crippen LogP contribution in [0.2, 0.25) is 0 Å². The first-order valence-corrected chi connectivity index (χ1v) is 2.67. The van der Waals surface area contributed by atoms with E-state index in [4.69, 9.17) is 15.3 Å². The van der Waals surface area contributed by atoms with Crippen molar-refractivity contribution >= 4 is 57.4 Å². The number of esters is 1.